The van der Waals surface area contributed by atoms with Crippen LogP contribution in [0, 0.1) is 0 Å². The normalized spacial score (nSPS) is 16.3. The number of carbonyl (C=O) groups excluding carboxylic acids is 1. The summed E-state index contributed by atoms with van der Waals surface area (Å²) in [6, 6.07) is 4.69. The van der Waals surface area contributed by atoms with Gasteiger partial charge in [-0.15, -0.1) is 0 Å². The lowest BCUT2D eigenvalue weighted by Crippen LogP contribution is -2.34. The van der Waals surface area contributed by atoms with Crippen molar-refractivity contribution >= 4 is 17.6 Å². The largest absolute Gasteiger partial charge is 0.480 e. The molecule has 1 atom stereocenters. The molecule has 1 aromatic rings. The third-order valence-electron chi connectivity index (χ3n) is 3.33. The van der Waals surface area contributed by atoms with Gasteiger partial charge in [0.2, 0.25) is 5.91 Å². The second-order valence-electron chi connectivity index (χ2n) is 4.52. The SMILES string of the molecule is CN1C(=O)CCc2c(CC(N)C(=O)O)cccc21. The van der Waals surface area contributed by atoms with Crippen LogP contribution in [0.4, 0.5) is 5.69 Å². The van der Waals surface area contributed by atoms with Crippen molar-refractivity contribution in [3.63, 3.8) is 0 Å². The first kappa shape index (κ1) is 12.6. The molecule has 0 saturated carbocycles. The molecule has 1 unspecified atom stereocenters. The molecule has 3 N–H and O–H groups in total. The number of carboxylic acids is 1. The summed E-state index contributed by atoms with van der Waals surface area (Å²) in [6.45, 7) is 0. The van der Waals surface area contributed by atoms with Crippen LogP contribution in [-0.4, -0.2) is 30.1 Å². The average molecular weight is 248 g/mol. The maximum Gasteiger partial charge on any atom is 0.320 e. The fourth-order valence-electron chi connectivity index (χ4n) is 2.27. The molecule has 18 heavy (non-hydrogen) atoms. The van der Waals surface area contributed by atoms with E-state index in [0.717, 1.165) is 16.8 Å². The van der Waals surface area contributed by atoms with Gasteiger partial charge in [-0.3, -0.25) is 9.59 Å². The van der Waals surface area contributed by atoms with Crippen LogP contribution in [0.3, 0.4) is 0 Å². The number of carbonyl (C=O) groups is 2. The number of amides is 1. The van der Waals surface area contributed by atoms with Gasteiger partial charge in [0.15, 0.2) is 0 Å². The standard InChI is InChI=1S/C13H16N2O3/c1-15-11-4-2-3-8(7-10(14)13(17)18)9(11)5-6-12(15)16/h2-4,10H,5-7,14H2,1H3,(H,17,18). The number of carboxylic acid groups (broad SMARTS) is 1. The molecule has 0 spiro atoms. The van der Waals surface area contributed by atoms with Gasteiger partial charge in [0.25, 0.3) is 0 Å². The van der Waals surface area contributed by atoms with E-state index < -0.39 is 12.0 Å². The molecule has 0 fully saturated rings. The topological polar surface area (TPSA) is 83.6 Å². The minimum atomic E-state index is -1.01. The van der Waals surface area contributed by atoms with Gasteiger partial charge in [-0.1, -0.05) is 12.1 Å². The lowest BCUT2D eigenvalue weighted by molar-refractivity contribution is -0.138. The average Bonchev–Trinajstić information content (AvgIpc) is 2.34. The molecule has 0 bridgehead atoms. The molecule has 1 aliphatic rings. The van der Waals surface area contributed by atoms with E-state index in [1.165, 1.54) is 0 Å². The van der Waals surface area contributed by atoms with Crippen LogP contribution in [0.25, 0.3) is 0 Å². The summed E-state index contributed by atoms with van der Waals surface area (Å²) in [7, 11) is 1.74. The highest BCUT2D eigenvalue weighted by Crippen LogP contribution is 2.29. The number of rotatable bonds is 3. The van der Waals surface area contributed by atoms with E-state index >= 15 is 0 Å². The molecule has 1 amide bonds. The fourth-order valence-corrected chi connectivity index (χ4v) is 2.27. The highest BCUT2D eigenvalue weighted by atomic mass is 16.4. The third-order valence-corrected chi connectivity index (χ3v) is 3.33. The Morgan fingerprint density at radius 1 is 1.50 bits per heavy atom. The van der Waals surface area contributed by atoms with E-state index in [4.69, 9.17) is 10.8 Å². The van der Waals surface area contributed by atoms with Crippen molar-refractivity contribution in [2.24, 2.45) is 5.73 Å². The minimum Gasteiger partial charge on any atom is -0.480 e. The van der Waals surface area contributed by atoms with E-state index in [2.05, 4.69) is 0 Å². The number of hydrogen-bond acceptors (Lipinski definition) is 3. The van der Waals surface area contributed by atoms with E-state index in [-0.39, 0.29) is 5.91 Å². The molecular formula is C13H16N2O3. The van der Waals surface area contributed by atoms with Crippen molar-refractivity contribution in [3.05, 3.63) is 29.3 Å². The molecular weight excluding hydrogens is 232 g/mol. The van der Waals surface area contributed by atoms with Crippen LogP contribution in [0.1, 0.15) is 17.5 Å². The van der Waals surface area contributed by atoms with Gasteiger partial charge < -0.3 is 15.7 Å². The van der Waals surface area contributed by atoms with Crippen molar-refractivity contribution in [2.75, 3.05) is 11.9 Å². The van der Waals surface area contributed by atoms with E-state index in [1.807, 2.05) is 18.2 Å². The lowest BCUT2D eigenvalue weighted by atomic mass is 9.93. The number of hydrogen-bond donors (Lipinski definition) is 2. The number of aliphatic carboxylic acids is 1. The molecule has 5 nitrogen and oxygen atoms in total. The monoisotopic (exact) mass is 248 g/mol. The first-order valence-corrected chi connectivity index (χ1v) is 5.86. The first-order chi connectivity index (χ1) is 8.50. The molecule has 96 valence electrons. The van der Waals surface area contributed by atoms with E-state index in [9.17, 15) is 9.59 Å². The molecule has 0 aromatic heterocycles. The van der Waals surface area contributed by atoms with Crippen LogP contribution in [-0.2, 0) is 22.4 Å². The number of nitrogens with zero attached hydrogens (tertiary/aromatic N) is 1. The van der Waals surface area contributed by atoms with Crippen LogP contribution in [0.15, 0.2) is 18.2 Å². The molecule has 0 saturated heterocycles. The molecule has 1 aliphatic heterocycles. The number of anilines is 1. The Morgan fingerprint density at radius 2 is 2.22 bits per heavy atom. The second-order valence-corrected chi connectivity index (χ2v) is 4.52. The minimum absolute atomic E-state index is 0.0854. The van der Waals surface area contributed by atoms with Crippen LogP contribution in [0.2, 0.25) is 0 Å². The zero-order chi connectivity index (χ0) is 13.3. The summed E-state index contributed by atoms with van der Waals surface area (Å²) >= 11 is 0. The van der Waals surface area contributed by atoms with E-state index in [1.54, 1.807) is 11.9 Å². The van der Waals surface area contributed by atoms with Crippen LogP contribution >= 0.6 is 0 Å². The van der Waals surface area contributed by atoms with Crippen molar-refractivity contribution in [1.29, 1.82) is 0 Å². The molecule has 2 rings (SSSR count). The molecule has 5 heteroatoms. The van der Waals surface area contributed by atoms with Gasteiger partial charge >= 0.3 is 5.97 Å². The molecule has 1 heterocycles. The predicted molar refractivity (Wildman–Crippen MR) is 67.5 cm³/mol. The summed E-state index contributed by atoms with van der Waals surface area (Å²) in [6.07, 6.45) is 1.41. The predicted octanol–water partition coefficient (Wildman–Crippen LogP) is 0.550. The first-order valence-electron chi connectivity index (χ1n) is 5.86. The lowest BCUT2D eigenvalue weighted by Gasteiger charge is -2.27. The molecule has 1 aromatic carbocycles. The van der Waals surface area contributed by atoms with Crippen molar-refractivity contribution < 1.29 is 14.7 Å². The van der Waals surface area contributed by atoms with Gasteiger partial charge in [-0.2, -0.15) is 0 Å². The number of benzene rings is 1. The summed E-state index contributed by atoms with van der Waals surface area (Å²) in [5, 5.41) is 8.85. The molecule has 0 radical (unpaired) electrons. The summed E-state index contributed by atoms with van der Waals surface area (Å²) in [5.74, 6) is -0.921. The maximum absolute atomic E-state index is 11.6. The Balaban J connectivity index is 2.34. The van der Waals surface area contributed by atoms with Gasteiger partial charge in [-0.05, 0) is 30.0 Å². The maximum atomic E-state index is 11.6. The quantitative estimate of drug-likeness (QED) is 0.818. The Hall–Kier alpha value is -1.88. The Bertz CT molecular complexity index is 499. The second kappa shape index (κ2) is 4.78. The highest BCUT2D eigenvalue weighted by Gasteiger charge is 2.24. The van der Waals surface area contributed by atoms with Gasteiger partial charge in [-0.25, -0.2) is 0 Å². The zero-order valence-electron chi connectivity index (χ0n) is 10.2. The van der Waals surface area contributed by atoms with Crippen molar-refractivity contribution in [2.45, 2.75) is 25.3 Å². The summed E-state index contributed by atoms with van der Waals surface area (Å²) in [4.78, 5) is 24.0. The summed E-state index contributed by atoms with van der Waals surface area (Å²) < 4.78 is 0. The number of fused-ring (bicyclic) bond motifs is 1. The summed E-state index contributed by atoms with van der Waals surface area (Å²) in [5.41, 5.74) is 8.38. The molecule has 0 aliphatic carbocycles. The van der Waals surface area contributed by atoms with Gasteiger partial charge in [0.05, 0.1) is 0 Å². The fraction of sp³-hybridized carbons (Fsp3) is 0.385. The van der Waals surface area contributed by atoms with Crippen molar-refractivity contribution in [1.82, 2.24) is 0 Å². The smallest absolute Gasteiger partial charge is 0.320 e. The van der Waals surface area contributed by atoms with Gasteiger partial charge in [0.1, 0.15) is 6.04 Å². The van der Waals surface area contributed by atoms with E-state index in [0.29, 0.717) is 19.3 Å². The van der Waals surface area contributed by atoms with Gasteiger partial charge in [0, 0.05) is 19.2 Å². The van der Waals surface area contributed by atoms with Crippen LogP contribution < -0.4 is 10.6 Å². The Kier molecular flexibility index (Phi) is 3.34. The third kappa shape index (κ3) is 2.22. The van der Waals surface area contributed by atoms with Crippen molar-refractivity contribution in [3.8, 4) is 0 Å². The zero-order valence-corrected chi connectivity index (χ0v) is 10.2. The highest BCUT2D eigenvalue weighted by molar-refractivity contribution is 5.96. The van der Waals surface area contributed by atoms with Crippen LogP contribution in [0.5, 0.6) is 0 Å². The number of nitrogens with two attached hydrogens (primary N) is 1. The Labute approximate surface area is 105 Å². The Morgan fingerprint density at radius 3 is 2.89 bits per heavy atom.